The van der Waals surface area contributed by atoms with Crippen molar-refractivity contribution in [3.05, 3.63) is 59.9 Å². The van der Waals surface area contributed by atoms with E-state index < -0.39 is 5.72 Å². The number of para-hydroxylation sites is 1. The van der Waals surface area contributed by atoms with Crippen molar-refractivity contribution in [2.75, 3.05) is 0 Å². The summed E-state index contributed by atoms with van der Waals surface area (Å²) in [7, 11) is 0. The molecule has 6 heteroatoms. The summed E-state index contributed by atoms with van der Waals surface area (Å²) in [5.41, 5.74) is 0.905. The molecular weight excluding hydrogens is 354 g/mol. The smallest absolute Gasteiger partial charge is 0.258 e. The predicted molar refractivity (Wildman–Crippen MR) is 102 cm³/mol. The minimum absolute atomic E-state index is 0.0290. The molecule has 1 aliphatic heterocycles. The van der Waals surface area contributed by atoms with Crippen LogP contribution in [0.2, 0.25) is 0 Å². The van der Waals surface area contributed by atoms with E-state index in [1.54, 1.807) is 18.5 Å². The van der Waals surface area contributed by atoms with Crippen molar-refractivity contribution in [2.45, 2.75) is 38.0 Å². The number of aromatic nitrogens is 1. The second-order valence-corrected chi connectivity index (χ2v) is 8.10. The number of rotatable bonds is 3. The Kier molecular flexibility index (Phi) is 4.07. The lowest BCUT2D eigenvalue weighted by Crippen LogP contribution is -2.66. The van der Waals surface area contributed by atoms with Gasteiger partial charge in [0, 0.05) is 37.2 Å². The molecule has 3 fully saturated rings. The maximum Gasteiger partial charge on any atom is 0.258 e. The molecule has 144 valence electrons. The Morgan fingerprint density at radius 1 is 1.25 bits per heavy atom. The van der Waals surface area contributed by atoms with Crippen LogP contribution >= 0.6 is 0 Å². The summed E-state index contributed by atoms with van der Waals surface area (Å²) in [5.74, 6) is 0.992. The fraction of sp³-hybridized carbons (Fsp3) is 0.409. The standard InChI is InChI=1S/C22H23N3O3/c26-20(24-13-14-4-3-9-23-12-14)18-10-16-8-7-15(18)11-22(16)25-21(27)17-5-1-2-6-19(17)28-22/h1-6,9,12,15-16,18H,7-8,10-11,13H2,(H,24,26)(H,25,27)/t15-,16+,18+,22+/m1/s1. The molecule has 6 nitrogen and oxygen atoms in total. The van der Waals surface area contributed by atoms with Crippen LogP contribution in [0.1, 0.15) is 41.6 Å². The Hall–Kier alpha value is -2.89. The Bertz CT molecular complexity index is 916. The molecule has 4 atom stereocenters. The molecule has 4 aliphatic rings. The highest BCUT2D eigenvalue weighted by atomic mass is 16.5. The molecule has 2 bridgehead atoms. The lowest BCUT2D eigenvalue weighted by atomic mass is 9.60. The van der Waals surface area contributed by atoms with Crippen molar-refractivity contribution in [3.63, 3.8) is 0 Å². The summed E-state index contributed by atoms with van der Waals surface area (Å²) >= 11 is 0. The van der Waals surface area contributed by atoms with Gasteiger partial charge in [0.1, 0.15) is 5.75 Å². The quantitative estimate of drug-likeness (QED) is 0.862. The van der Waals surface area contributed by atoms with Gasteiger partial charge < -0.3 is 15.4 Å². The molecule has 1 aromatic carbocycles. The van der Waals surface area contributed by atoms with Gasteiger partial charge in [-0.3, -0.25) is 14.6 Å². The molecular formula is C22H23N3O3. The van der Waals surface area contributed by atoms with Crippen molar-refractivity contribution in [1.82, 2.24) is 15.6 Å². The number of ether oxygens (including phenoxy) is 1. The maximum absolute atomic E-state index is 12.8. The highest BCUT2D eigenvalue weighted by molar-refractivity contribution is 5.98. The summed E-state index contributed by atoms with van der Waals surface area (Å²) in [6.07, 6.45) is 6.89. The summed E-state index contributed by atoms with van der Waals surface area (Å²) in [4.78, 5) is 29.6. The van der Waals surface area contributed by atoms with Crippen LogP contribution in [0.15, 0.2) is 48.8 Å². The fourth-order valence-corrected chi connectivity index (χ4v) is 5.10. The number of hydrogen-bond donors (Lipinski definition) is 2. The number of fused-ring (bicyclic) bond motifs is 3. The number of amides is 2. The molecule has 0 radical (unpaired) electrons. The Labute approximate surface area is 163 Å². The maximum atomic E-state index is 12.8. The van der Waals surface area contributed by atoms with Crippen LogP contribution in [0.25, 0.3) is 0 Å². The molecule has 2 heterocycles. The van der Waals surface area contributed by atoms with Crippen molar-refractivity contribution in [1.29, 1.82) is 0 Å². The largest absolute Gasteiger partial charge is 0.467 e. The first-order valence-corrected chi connectivity index (χ1v) is 9.92. The van der Waals surface area contributed by atoms with E-state index in [1.807, 2.05) is 30.3 Å². The zero-order valence-corrected chi connectivity index (χ0v) is 15.6. The van der Waals surface area contributed by atoms with Crippen LogP contribution in [0, 0.1) is 17.8 Å². The average Bonchev–Trinajstić information content (AvgIpc) is 2.73. The van der Waals surface area contributed by atoms with E-state index in [-0.39, 0.29) is 29.6 Å². The van der Waals surface area contributed by atoms with Crippen LogP contribution in [0.4, 0.5) is 0 Å². The lowest BCUT2D eigenvalue weighted by molar-refractivity contribution is -0.146. The summed E-state index contributed by atoms with van der Waals surface area (Å²) in [6.45, 7) is 0.492. The topological polar surface area (TPSA) is 80.3 Å². The molecule has 0 unspecified atom stereocenters. The van der Waals surface area contributed by atoms with Gasteiger partial charge in [-0.15, -0.1) is 0 Å². The third kappa shape index (κ3) is 2.84. The number of nitrogens with one attached hydrogen (secondary N) is 2. The molecule has 3 saturated carbocycles. The highest BCUT2D eigenvalue weighted by Crippen LogP contribution is 2.52. The first-order chi connectivity index (χ1) is 13.6. The normalized spacial score (nSPS) is 30.3. The number of carbonyl (C=O) groups excluding carboxylic acids is 2. The van der Waals surface area contributed by atoms with Crippen molar-refractivity contribution >= 4 is 11.8 Å². The molecule has 2 aromatic rings. The third-order valence-corrected chi connectivity index (χ3v) is 6.49. The number of hydrogen-bond acceptors (Lipinski definition) is 4. The Morgan fingerprint density at radius 2 is 2.14 bits per heavy atom. The molecule has 1 spiro atoms. The van der Waals surface area contributed by atoms with Crippen LogP contribution in [-0.2, 0) is 11.3 Å². The van der Waals surface area contributed by atoms with Crippen molar-refractivity contribution in [3.8, 4) is 5.75 Å². The van der Waals surface area contributed by atoms with E-state index in [1.165, 1.54) is 0 Å². The van der Waals surface area contributed by atoms with Gasteiger partial charge in [-0.2, -0.15) is 0 Å². The van der Waals surface area contributed by atoms with E-state index in [4.69, 9.17) is 4.74 Å². The van der Waals surface area contributed by atoms with Crippen LogP contribution in [0.5, 0.6) is 5.75 Å². The highest BCUT2D eigenvalue weighted by Gasteiger charge is 2.57. The SMILES string of the molecule is O=C1N[C@@]2(C[C@H]3CC[C@H]2C[C@@H]3C(=O)NCc2cccnc2)Oc2ccccc21. The summed E-state index contributed by atoms with van der Waals surface area (Å²) in [5, 5.41) is 6.20. The number of nitrogens with zero attached hydrogens (tertiary/aromatic N) is 1. The second-order valence-electron chi connectivity index (χ2n) is 8.10. The summed E-state index contributed by atoms with van der Waals surface area (Å²) < 4.78 is 6.35. The van der Waals surface area contributed by atoms with E-state index in [0.717, 1.165) is 24.8 Å². The predicted octanol–water partition coefficient (Wildman–Crippen LogP) is 2.65. The first kappa shape index (κ1) is 17.2. The van der Waals surface area contributed by atoms with Crippen LogP contribution < -0.4 is 15.4 Å². The van der Waals surface area contributed by atoms with E-state index in [0.29, 0.717) is 24.3 Å². The van der Waals surface area contributed by atoms with Crippen LogP contribution in [0.3, 0.4) is 0 Å². The van der Waals surface area contributed by atoms with Crippen LogP contribution in [-0.4, -0.2) is 22.5 Å². The number of benzene rings is 1. The number of carbonyl (C=O) groups is 2. The van der Waals surface area contributed by atoms with Gasteiger partial charge in [-0.1, -0.05) is 18.2 Å². The average molecular weight is 377 g/mol. The number of pyridine rings is 1. The van der Waals surface area contributed by atoms with E-state index in [9.17, 15) is 9.59 Å². The van der Waals surface area contributed by atoms with Gasteiger partial charge in [0.05, 0.1) is 5.56 Å². The third-order valence-electron chi connectivity index (χ3n) is 6.49. The van der Waals surface area contributed by atoms with Gasteiger partial charge in [-0.25, -0.2) is 0 Å². The minimum atomic E-state index is -0.672. The lowest BCUT2D eigenvalue weighted by Gasteiger charge is -2.55. The van der Waals surface area contributed by atoms with Gasteiger partial charge in [0.25, 0.3) is 5.91 Å². The van der Waals surface area contributed by atoms with Gasteiger partial charge in [0.15, 0.2) is 5.72 Å². The molecule has 3 aliphatic carbocycles. The molecule has 2 N–H and O–H groups in total. The molecule has 0 saturated heterocycles. The molecule has 6 rings (SSSR count). The van der Waals surface area contributed by atoms with E-state index >= 15 is 0 Å². The van der Waals surface area contributed by atoms with Gasteiger partial charge >= 0.3 is 0 Å². The zero-order chi connectivity index (χ0) is 19.1. The Morgan fingerprint density at radius 3 is 2.93 bits per heavy atom. The minimum Gasteiger partial charge on any atom is -0.467 e. The fourth-order valence-electron chi connectivity index (χ4n) is 5.10. The molecule has 1 aromatic heterocycles. The molecule has 2 amide bonds. The Balaban J connectivity index is 1.30. The first-order valence-electron chi connectivity index (χ1n) is 9.92. The van der Waals surface area contributed by atoms with Gasteiger partial charge in [0.2, 0.25) is 5.91 Å². The second kappa shape index (κ2) is 6.62. The monoisotopic (exact) mass is 377 g/mol. The molecule has 28 heavy (non-hydrogen) atoms. The summed E-state index contributed by atoms with van der Waals surface area (Å²) in [6, 6.07) is 11.2. The van der Waals surface area contributed by atoms with Gasteiger partial charge in [-0.05, 0) is 48.9 Å². The van der Waals surface area contributed by atoms with E-state index in [2.05, 4.69) is 15.6 Å². The van der Waals surface area contributed by atoms with Crippen molar-refractivity contribution in [2.24, 2.45) is 17.8 Å². The van der Waals surface area contributed by atoms with Crippen molar-refractivity contribution < 1.29 is 14.3 Å². The zero-order valence-electron chi connectivity index (χ0n) is 15.6.